The Morgan fingerprint density at radius 2 is 1.95 bits per heavy atom. The molecule has 0 fully saturated rings. The van der Waals surface area contributed by atoms with E-state index in [1.54, 1.807) is 0 Å². The smallest absolute Gasteiger partial charge is 0.254 e. The van der Waals surface area contributed by atoms with E-state index in [4.69, 9.17) is 0 Å². The van der Waals surface area contributed by atoms with Crippen LogP contribution in [-0.2, 0) is 6.42 Å². The summed E-state index contributed by atoms with van der Waals surface area (Å²) in [4.78, 5) is 12.1. The lowest BCUT2D eigenvalue weighted by Crippen LogP contribution is -2.27. The maximum absolute atomic E-state index is 13.6. The van der Waals surface area contributed by atoms with Gasteiger partial charge in [-0.2, -0.15) is 0 Å². The highest BCUT2D eigenvalue weighted by atomic mass is 19.1. The van der Waals surface area contributed by atoms with Gasteiger partial charge in [-0.25, -0.2) is 8.78 Å². The number of rotatable bonds is 2. The first-order chi connectivity index (χ1) is 9.65. The average molecular weight is 273 g/mol. The Morgan fingerprint density at radius 1 is 1.15 bits per heavy atom. The second kappa shape index (κ2) is 5.04. The Kier molecular flexibility index (Phi) is 3.22. The fourth-order valence-electron chi connectivity index (χ4n) is 2.62. The number of nitrogens with one attached hydrogen (secondary N) is 1. The van der Waals surface area contributed by atoms with Gasteiger partial charge in [0.1, 0.15) is 11.6 Å². The molecule has 0 radical (unpaired) electrons. The Morgan fingerprint density at radius 3 is 2.75 bits per heavy atom. The first kappa shape index (κ1) is 12.8. The van der Waals surface area contributed by atoms with Crippen LogP contribution in [0.2, 0.25) is 0 Å². The second-order valence-electron chi connectivity index (χ2n) is 4.89. The van der Waals surface area contributed by atoms with Crippen LogP contribution < -0.4 is 5.32 Å². The first-order valence-electron chi connectivity index (χ1n) is 6.49. The van der Waals surface area contributed by atoms with Crippen LogP contribution in [0.5, 0.6) is 0 Å². The Balaban J connectivity index is 1.81. The molecule has 0 spiro atoms. The van der Waals surface area contributed by atoms with Gasteiger partial charge in [0.15, 0.2) is 0 Å². The van der Waals surface area contributed by atoms with Gasteiger partial charge in [-0.3, -0.25) is 4.79 Å². The van der Waals surface area contributed by atoms with Gasteiger partial charge < -0.3 is 5.32 Å². The summed E-state index contributed by atoms with van der Waals surface area (Å²) < 4.78 is 26.4. The molecule has 0 aromatic heterocycles. The Labute approximate surface area is 115 Å². The van der Waals surface area contributed by atoms with Crippen LogP contribution in [0.4, 0.5) is 8.78 Å². The predicted octanol–water partition coefficient (Wildman–Crippen LogP) is 3.38. The van der Waals surface area contributed by atoms with Crippen LogP contribution in [0.25, 0.3) is 0 Å². The number of fused-ring (bicyclic) bond motifs is 1. The predicted molar refractivity (Wildman–Crippen MR) is 71.3 cm³/mol. The maximum atomic E-state index is 13.6. The summed E-state index contributed by atoms with van der Waals surface area (Å²) in [6.07, 6.45) is 1.70. The first-order valence-corrected chi connectivity index (χ1v) is 6.49. The van der Waals surface area contributed by atoms with E-state index in [9.17, 15) is 13.6 Å². The normalized spacial score (nSPS) is 16.8. The van der Waals surface area contributed by atoms with Gasteiger partial charge in [-0.15, -0.1) is 0 Å². The molecular weight excluding hydrogens is 260 g/mol. The van der Waals surface area contributed by atoms with Crippen molar-refractivity contribution in [3.63, 3.8) is 0 Å². The van der Waals surface area contributed by atoms with Gasteiger partial charge in [-0.05, 0) is 36.1 Å². The molecule has 1 amide bonds. The van der Waals surface area contributed by atoms with Crippen molar-refractivity contribution in [2.45, 2.75) is 18.9 Å². The van der Waals surface area contributed by atoms with E-state index in [1.165, 1.54) is 11.6 Å². The number of hydrogen-bond donors (Lipinski definition) is 1. The molecular formula is C16H13F2NO. The van der Waals surface area contributed by atoms with E-state index in [0.717, 1.165) is 30.5 Å². The zero-order valence-corrected chi connectivity index (χ0v) is 10.7. The van der Waals surface area contributed by atoms with Gasteiger partial charge in [0.2, 0.25) is 0 Å². The lowest BCUT2D eigenvalue weighted by Gasteiger charge is -2.14. The number of carbonyl (C=O) groups is 1. The Bertz CT molecular complexity index is 669. The summed E-state index contributed by atoms with van der Waals surface area (Å²) in [5, 5.41) is 2.81. The van der Waals surface area contributed by atoms with E-state index in [1.807, 2.05) is 24.3 Å². The highest BCUT2D eigenvalue weighted by Gasteiger charge is 2.24. The number of amides is 1. The zero-order chi connectivity index (χ0) is 14.1. The molecule has 1 N–H and O–H groups in total. The van der Waals surface area contributed by atoms with Gasteiger partial charge in [-0.1, -0.05) is 24.3 Å². The fourth-order valence-corrected chi connectivity index (χ4v) is 2.62. The molecule has 0 aliphatic heterocycles. The lowest BCUT2D eigenvalue weighted by atomic mass is 10.1. The van der Waals surface area contributed by atoms with Crippen LogP contribution in [-0.4, -0.2) is 5.91 Å². The van der Waals surface area contributed by atoms with Crippen molar-refractivity contribution >= 4 is 5.91 Å². The molecule has 2 aromatic carbocycles. The maximum Gasteiger partial charge on any atom is 0.254 e. The highest BCUT2D eigenvalue weighted by Crippen LogP contribution is 2.30. The largest absolute Gasteiger partial charge is 0.345 e. The third kappa shape index (κ3) is 2.29. The molecule has 4 heteroatoms. The summed E-state index contributed by atoms with van der Waals surface area (Å²) in [5.74, 6) is -2.04. The molecule has 0 heterocycles. The van der Waals surface area contributed by atoms with Crippen molar-refractivity contribution < 1.29 is 13.6 Å². The zero-order valence-electron chi connectivity index (χ0n) is 10.7. The van der Waals surface area contributed by atoms with Crippen LogP contribution in [0.15, 0.2) is 42.5 Å². The van der Waals surface area contributed by atoms with Gasteiger partial charge in [0.25, 0.3) is 5.91 Å². The van der Waals surface area contributed by atoms with Gasteiger partial charge in [0.05, 0.1) is 11.6 Å². The van der Waals surface area contributed by atoms with Crippen molar-refractivity contribution in [2.24, 2.45) is 0 Å². The SMILES string of the molecule is O=C(NC1CCc2ccccc21)c1ccc(F)cc1F. The minimum Gasteiger partial charge on any atom is -0.345 e. The van der Waals surface area contributed by atoms with E-state index in [-0.39, 0.29) is 11.6 Å². The van der Waals surface area contributed by atoms with Crippen molar-refractivity contribution in [1.29, 1.82) is 0 Å². The molecule has 102 valence electrons. The second-order valence-corrected chi connectivity index (χ2v) is 4.89. The molecule has 0 saturated heterocycles. The summed E-state index contributed by atoms with van der Waals surface area (Å²) in [6.45, 7) is 0. The highest BCUT2D eigenvalue weighted by molar-refractivity contribution is 5.94. The minimum atomic E-state index is -0.839. The lowest BCUT2D eigenvalue weighted by molar-refractivity contribution is 0.0932. The Hall–Kier alpha value is -2.23. The van der Waals surface area contributed by atoms with Crippen molar-refractivity contribution in [1.82, 2.24) is 5.32 Å². The molecule has 0 bridgehead atoms. The van der Waals surface area contributed by atoms with Crippen molar-refractivity contribution in [3.8, 4) is 0 Å². The monoisotopic (exact) mass is 273 g/mol. The van der Waals surface area contributed by atoms with Crippen LogP contribution >= 0.6 is 0 Å². The van der Waals surface area contributed by atoms with E-state index >= 15 is 0 Å². The number of halogens is 2. The van der Waals surface area contributed by atoms with Crippen LogP contribution in [0, 0.1) is 11.6 Å². The number of aryl methyl sites for hydroxylation is 1. The van der Waals surface area contributed by atoms with Crippen LogP contribution in [0.3, 0.4) is 0 Å². The molecule has 2 aromatic rings. The summed E-state index contributed by atoms with van der Waals surface area (Å²) in [6, 6.07) is 10.7. The standard InChI is InChI=1S/C16H13F2NO/c17-11-6-7-13(14(18)9-11)16(20)19-15-8-5-10-3-1-2-4-12(10)15/h1-4,6-7,9,15H,5,8H2,(H,19,20). The number of carbonyl (C=O) groups excluding carboxylic acids is 1. The topological polar surface area (TPSA) is 29.1 Å². The van der Waals surface area contributed by atoms with E-state index in [0.29, 0.717) is 0 Å². The third-order valence-corrected chi connectivity index (χ3v) is 3.61. The van der Waals surface area contributed by atoms with Crippen molar-refractivity contribution in [3.05, 3.63) is 70.8 Å². The van der Waals surface area contributed by atoms with Gasteiger partial charge in [0, 0.05) is 6.07 Å². The van der Waals surface area contributed by atoms with E-state index < -0.39 is 17.5 Å². The minimum absolute atomic E-state index is 0.108. The molecule has 0 saturated carbocycles. The summed E-state index contributed by atoms with van der Waals surface area (Å²) in [5.41, 5.74) is 2.15. The van der Waals surface area contributed by atoms with Crippen molar-refractivity contribution in [2.75, 3.05) is 0 Å². The molecule has 1 aliphatic rings. The molecule has 20 heavy (non-hydrogen) atoms. The number of hydrogen-bond acceptors (Lipinski definition) is 1. The molecule has 2 nitrogen and oxygen atoms in total. The fraction of sp³-hybridized carbons (Fsp3) is 0.188. The summed E-state index contributed by atoms with van der Waals surface area (Å²) >= 11 is 0. The molecule has 3 rings (SSSR count). The van der Waals surface area contributed by atoms with Gasteiger partial charge >= 0.3 is 0 Å². The average Bonchev–Trinajstić information content (AvgIpc) is 2.82. The van der Waals surface area contributed by atoms with E-state index in [2.05, 4.69) is 5.32 Å². The number of benzene rings is 2. The third-order valence-electron chi connectivity index (χ3n) is 3.61. The summed E-state index contributed by atoms with van der Waals surface area (Å²) in [7, 11) is 0. The molecule has 1 aliphatic carbocycles. The molecule has 1 atom stereocenters. The quantitative estimate of drug-likeness (QED) is 0.893. The molecule has 1 unspecified atom stereocenters. The van der Waals surface area contributed by atoms with Crippen LogP contribution in [0.1, 0.15) is 33.9 Å².